The van der Waals surface area contributed by atoms with Crippen LogP contribution in [0.2, 0.25) is 0 Å². The maximum atomic E-state index is 12.8. The molecule has 6 heteroatoms. The van der Waals surface area contributed by atoms with Gasteiger partial charge in [0.1, 0.15) is 6.10 Å². The second-order valence-electron chi connectivity index (χ2n) is 9.24. The minimum absolute atomic E-state index is 0.00971. The first-order chi connectivity index (χ1) is 15.9. The Bertz CT molecular complexity index is 851. The van der Waals surface area contributed by atoms with Crippen molar-refractivity contribution in [3.8, 4) is 6.07 Å². The lowest BCUT2D eigenvalue weighted by atomic mass is 9.78. The van der Waals surface area contributed by atoms with Gasteiger partial charge in [-0.25, -0.2) is 0 Å². The number of carbonyl (C=O) groups is 1. The van der Waals surface area contributed by atoms with Crippen LogP contribution < -0.4 is 0 Å². The Morgan fingerprint density at radius 2 is 1.67 bits per heavy atom. The van der Waals surface area contributed by atoms with Crippen molar-refractivity contribution in [3.63, 3.8) is 0 Å². The van der Waals surface area contributed by atoms with Crippen molar-refractivity contribution in [3.05, 3.63) is 59.7 Å². The molecule has 0 spiro atoms. The zero-order chi connectivity index (χ0) is 23.7. The van der Waals surface area contributed by atoms with Crippen LogP contribution in [0.15, 0.2) is 48.6 Å². The van der Waals surface area contributed by atoms with Crippen LogP contribution in [0.1, 0.15) is 81.3 Å². The summed E-state index contributed by atoms with van der Waals surface area (Å²) < 4.78 is 44.1. The summed E-state index contributed by atoms with van der Waals surface area (Å²) in [5, 5.41) is 8.45. The lowest BCUT2D eigenvalue weighted by Gasteiger charge is -2.31. The maximum absolute atomic E-state index is 12.8. The first kappa shape index (κ1) is 25.1. The van der Waals surface area contributed by atoms with Gasteiger partial charge in [-0.15, -0.1) is 0 Å². The van der Waals surface area contributed by atoms with Gasteiger partial charge in [0.15, 0.2) is 0 Å². The number of halogens is 3. The van der Waals surface area contributed by atoms with E-state index in [4.69, 9.17) is 10.00 Å². The summed E-state index contributed by atoms with van der Waals surface area (Å²) in [7, 11) is 0. The van der Waals surface area contributed by atoms with Gasteiger partial charge in [0.05, 0.1) is 17.6 Å². The molecule has 0 N–H and O–H groups in total. The Balaban J connectivity index is 1.36. The van der Waals surface area contributed by atoms with Crippen LogP contribution >= 0.6 is 0 Å². The minimum Gasteiger partial charge on any atom is -0.462 e. The van der Waals surface area contributed by atoms with Gasteiger partial charge in [-0.2, -0.15) is 18.4 Å². The number of esters is 1. The molecule has 0 saturated heterocycles. The average Bonchev–Trinajstić information content (AvgIpc) is 2.82. The monoisotopic (exact) mass is 459 g/mol. The normalized spacial score (nSPS) is 26.4. The molecular weight excluding hydrogens is 427 g/mol. The number of alkyl halides is 3. The number of nitriles is 1. The van der Waals surface area contributed by atoms with Crippen LogP contribution in [0.25, 0.3) is 0 Å². The Morgan fingerprint density at radius 1 is 1.00 bits per heavy atom. The number of allylic oxidation sites excluding steroid dienone is 4. The Hall–Kier alpha value is -2.55. The van der Waals surface area contributed by atoms with Gasteiger partial charge in [-0.3, -0.25) is 4.79 Å². The van der Waals surface area contributed by atoms with Crippen LogP contribution in [0.3, 0.4) is 0 Å². The van der Waals surface area contributed by atoms with Crippen LogP contribution in [0.5, 0.6) is 0 Å². The molecule has 0 aliphatic heterocycles. The zero-order valence-electron chi connectivity index (χ0n) is 18.9. The number of benzene rings is 1. The molecule has 3 rings (SSSR count). The molecule has 2 aliphatic carbocycles. The van der Waals surface area contributed by atoms with Gasteiger partial charge in [-0.05, 0) is 93.7 Å². The molecule has 1 aromatic carbocycles. The Morgan fingerprint density at radius 3 is 2.27 bits per heavy atom. The number of rotatable bonds is 7. The molecule has 178 valence electrons. The highest BCUT2D eigenvalue weighted by Gasteiger charge is 2.33. The first-order valence-electron chi connectivity index (χ1n) is 12.0. The van der Waals surface area contributed by atoms with Crippen LogP contribution in [0.4, 0.5) is 13.2 Å². The molecule has 0 bridgehead atoms. The molecule has 0 atom stereocenters. The van der Waals surface area contributed by atoms with E-state index >= 15 is 0 Å². The topological polar surface area (TPSA) is 50.1 Å². The fraction of sp³-hybridized carbons (Fsp3) is 0.556. The Kier molecular flexibility index (Phi) is 9.17. The van der Waals surface area contributed by atoms with E-state index in [1.54, 1.807) is 18.2 Å². The summed E-state index contributed by atoms with van der Waals surface area (Å²) in [4.78, 5) is 12.7. The molecule has 2 fully saturated rings. The highest BCUT2D eigenvalue weighted by molar-refractivity contribution is 5.72. The third kappa shape index (κ3) is 7.77. The molecule has 0 radical (unpaired) electrons. The molecule has 0 heterocycles. The van der Waals surface area contributed by atoms with Gasteiger partial charge in [0.2, 0.25) is 0 Å². The zero-order valence-corrected chi connectivity index (χ0v) is 18.9. The molecule has 3 nitrogen and oxygen atoms in total. The number of hydrogen-bond acceptors (Lipinski definition) is 3. The highest BCUT2D eigenvalue weighted by Crippen LogP contribution is 2.38. The van der Waals surface area contributed by atoms with Gasteiger partial charge in [-0.1, -0.05) is 30.4 Å². The minimum atomic E-state index is -4.31. The smallest absolute Gasteiger partial charge is 0.416 e. The molecular formula is C27H32F3NO2. The number of hydrogen-bond donors (Lipinski definition) is 0. The highest BCUT2D eigenvalue weighted by atomic mass is 19.4. The quantitative estimate of drug-likeness (QED) is 0.241. The molecule has 1 aromatic rings. The van der Waals surface area contributed by atoms with Crippen molar-refractivity contribution < 1.29 is 22.7 Å². The molecule has 2 aliphatic rings. The number of nitrogens with zero attached hydrogens (tertiary/aromatic N) is 1. The van der Waals surface area contributed by atoms with Gasteiger partial charge in [0, 0.05) is 6.08 Å². The van der Waals surface area contributed by atoms with Crippen LogP contribution in [-0.2, 0) is 15.7 Å². The molecule has 0 unspecified atom stereocenters. The lowest BCUT2D eigenvalue weighted by Crippen LogP contribution is -2.29. The molecule has 2 saturated carbocycles. The largest absolute Gasteiger partial charge is 0.462 e. The summed E-state index contributed by atoms with van der Waals surface area (Å²) in [5.74, 6) is 0.663. The van der Waals surface area contributed by atoms with E-state index in [1.165, 1.54) is 6.08 Å². The van der Waals surface area contributed by atoms with E-state index in [-0.39, 0.29) is 23.9 Å². The summed E-state index contributed by atoms with van der Waals surface area (Å²) in [6.07, 6.45) is 12.0. The van der Waals surface area contributed by atoms with E-state index in [0.29, 0.717) is 5.92 Å². The van der Waals surface area contributed by atoms with E-state index in [1.807, 2.05) is 12.1 Å². The number of carbonyl (C=O) groups excluding carboxylic acids is 1. The van der Waals surface area contributed by atoms with Gasteiger partial charge in [0.25, 0.3) is 0 Å². The van der Waals surface area contributed by atoms with Crippen molar-refractivity contribution in [2.45, 2.75) is 82.4 Å². The van der Waals surface area contributed by atoms with E-state index in [0.717, 1.165) is 81.9 Å². The first-order valence-corrected chi connectivity index (χ1v) is 12.0. The van der Waals surface area contributed by atoms with Gasteiger partial charge < -0.3 is 4.74 Å². The third-order valence-electron chi connectivity index (χ3n) is 7.01. The molecule has 0 amide bonds. The van der Waals surface area contributed by atoms with Crippen molar-refractivity contribution in [2.75, 3.05) is 0 Å². The van der Waals surface area contributed by atoms with E-state index < -0.39 is 11.7 Å². The fourth-order valence-corrected chi connectivity index (χ4v) is 5.01. The summed E-state index contributed by atoms with van der Waals surface area (Å²) in [5.41, 5.74) is 0.298. The lowest BCUT2D eigenvalue weighted by molar-refractivity contribution is -0.157. The van der Waals surface area contributed by atoms with E-state index in [2.05, 4.69) is 6.08 Å². The fourth-order valence-electron chi connectivity index (χ4n) is 5.01. The van der Waals surface area contributed by atoms with Gasteiger partial charge >= 0.3 is 12.1 Å². The predicted octanol–water partition coefficient (Wildman–Crippen LogP) is 7.50. The van der Waals surface area contributed by atoms with Crippen molar-refractivity contribution in [2.24, 2.45) is 11.8 Å². The van der Waals surface area contributed by atoms with Crippen molar-refractivity contribution in [1.82, 2.24) is 0 Å². The predicted molar refractivity (Wildman–Crippen MR) is 121 cm³/mol. The molecule has 33 heavy (non-hydrogen) atoms. The summed E-state index contributed by atoms with van der Waals surface area (Å²) >= 11 is 0. The maximum Gasteiger partial charge on any atom is 0.416 e. The van der Waals surface area contributed by atoms with Crippen molar-refractivity contribution in [1.29, 1.82) is 5.26 Å². The second-order valence-corrected chi connectivity index (χ2v) is 9.24. The van der Waals surface area contributed by atoms with E-state index in [9.17, 15) is 18.0 Å². The van der Waals surface area contributed by atoms with Crippen LogP contribution in [0, 0.1) is 23.2 Å². The second kappa shape index (κ2) is 12.1. The third-order valence-corrected chi connectivity index (χ3v) is 7.01. The number of ether oxygens (including phenoxy) is 1. The summed E-state index contributed by atoms with van der Waals surface area (Å²) in [6.45, 7) is 0. The average molecular weight is 460 g/mol. The van der Waals surface area contributed by atoms with Crippen molar-refractivity contribution >= 4 is 5.97 Å². The Labute approximate surface area is 194 Å². The SMILES string of the molecule is N#CC=CC=CCCC1CCC(OC(=O)C2CCC(c3ccc(C(F)(F)F)cc3)CC2)CC1. The summed E-state index contributed by atoms with van der Waals surface area (Å²) in [6, 6.07) is 7.40. The standard InChI is InChI=1S/C27H32F3NO2/c28-27(29,30)24-15-13-22(14-16-24)21-9-11-23(12-10-21)26(32)33-25-17-7-20(8-18-25)6-4-2-1-3-5-19-31/h1-3,5,13-16,20-21,23,25H,4,6-12,17-18H2. The van der Waals surface area contributed by atoms with Crippen LogP contribution in [-0.4, -0.2) is 12.1 Å². The molecule has 0 aromatic heterocycles.